The summed E-state index contributed by atoms with van der Waals surface area (Å²) < 4.78 is 5.45. The van der Waals surface area contributed by atoms with Crippen molar-refractivity contribution in [1.82, 2.24) is 14.8 Å². The molecule has 34 heavy (non-hydrogen) atoms. The number of aryl methyl sites for hydroxylation is 2. The van der Waals surface area contributed by atoms with Crippen LogP contribution in [0.1, 0.15) is 23.1 Å². The Hall–Kier alpha value is -2.45. The molecular formula is C26H31ClN4O2S. The zero-order valence-corrected chi connectivity index (χ0v) is 21.3. The molecular weight excluding hydrogens is 468 g/mol. The Labute approximate surface area is 210 Å². The number of morpholine rings is 1. The number of thiocarbonyl (C=S) groups is 1. The number of pyridine rings is 1. The van der Waals surface area contributed by atoms with Crippen LogP contribution in [0, 0.1) is 13.8 Å². The molecule has 0 bridgehead atoms. The average Bonchev–Trinajstić information content (AvgIpc) is 2.82. The summed E-state index contributed by atoms with van der Waals surface area (Å²) in [6, 6.07) is 13.6. The first-order valence-corrected chi connectivity index (χ1v) is 12.4. The summed E-state index contributed by atoms with van der Waals surface area (Å²) in [6.07, 6.45) is 0.932. The summed E-state index contributed by atoms with van der Waals surface area (Å²) in [5.41, 5.74) is 4.54. The van der Waals surface area contributed by atoms with E-state index in [1.165, 1.54) is 0 Å². The van der Waals surface area contributed by atoms with E-state index < -0.39 is 0 Å². The number of hydrogen-bond donors (Lipinski definition) is 2. The fourth-order valence-corrected chi connectivity index (χ4v) is 4.74. The summed E-state index contributed by atoms with van der Waals surface area (Å²) in [5.74, 6) is 0. The number of ether oxygens (including phenoxy) is 1. The second-order valence-electron chi connectivity index (χ2n) is 8.78. The highest BCUT2D eigenvalue weighted by Gasteiger charge is 2.16. The topological polar surface area (TPSA) is 60.6 Å². The van der Waals surface area contributed by atoms with Gasteiger partial charge in [0.25, 0.3) is 5.56 Å². The Morgan fingerprint density at radius 2 is 1.94 bits per heavy atom. The Morgan fingerprint density at radius 1 is 1.18 bits per heavy atom. The van der Waals surface area contributed by atoms with Gasteiger partial charge >= 0.3 is 0 Å². The van der Waals surface area contributed by atoms with Crippen LogP contribution >= 0.6 is 23.8 Å². The summed E-state index contributed by atoms with van der Waals surface area (Å²) in [4.78, 5) is 20.6. The molecule has 0 unspecified atom stereocenters. The van der Waals surface area contributed by atoms with Crippen molar-refractivity contribution in [3.63, 3.8) is 0 Å². The number of hydrogen-bond acceptors (Lipinski definition) is 4. The van der Waals surface area contributed by atoms with Crippen molar-refractivity contribution >= 4 is 45.5 Å². The van der Waals surface area contributed by atoms with E-state index in [2.05, 4.69) is 33.1 Å². The van der Waals surface area contributed by atoms with E-state index in [9.17, 15) is 4.79 Å². The Bertz CT molecular complexity index is 1220. The molecule has 0 amide bonds. The Morgan fingerprint density at radius 3 is 2.71 bits per heavy atom. The molecule has 0 aliphatic carbocycles. The third-order valence-corrected chi connectivity index (χ3v) is 6.85. The van der Waals surface area contributed by atoms with Crippen LogP contribution in [0.5, 0.6) is 0 Å². The number of nitrogens with zero attached hydrogens (tertiary/aromatic N) is 2. The van der Waals surface area contributed by atoms with Crippen LogP contribution < -0.4 is 10.9 Å². The van der Waals surface area contributed by atoms with Crippen molar-refractivity contribution in [1.29, 1.82) is 0 Å². The number of aromatic amines is 1. The maximum Gasteiger partial charge on any atom is 0.253 e. The molecule has 1 aliphatic heterocycles. The van der Waals surface area contributed by atoms with Crippen LogP contribution in [0.15, 0.2) is 47.3 Å². The van der Waals surface area contributed by atoms with Crippen molar-refractivity contribution < 1.29 is 4.74 Å². The molecule has 0 atom stereocenters. The molecule has 1 aliphatic rings. The van der Waals surface area contributed by atoms with Crippen LogP contribution in [-0.2, 0) is 11.3 Å². The molecule has 3 aromatic rings. The summed E-state index contributed by atoms with van der Waals surface area (Å²) in [6.45, 7) is 9.67. The standard InChI is InChI=1S/C26H31ClN4O2S/c1-18-7-8-19(2)24-23(18)15-20(25(32)29-24)17-31(10-4-9-30-11-13-33-14-12-30)26(34)28-22-6-3-5-21(27)16-22/h3,5-8,15-16H,4,9-14,17H2,1-2H3,(H,28,34)(H,29,32). The number of fused-ring (bicyclic) bond motifs is 1. The quantitative estimate of drug-likeness (QED) is 0.460. The van der Waals surface area contributed by atoms with Gasteiger partial charge in [0.1, 0.15) is 0 Å². The van der Waals surface area contributed by atoms with E-state index >= 15 is 0 Å². The minimum Gasteiger partial charge on any atom is -0.379 e. The monoisotopic (exact) mass is 498 g/mol. The zero-order chi connectivity index (χ0) is 24.1. The predicted molar refractivity (Wildman–Crippen MR) is 144 cm³/mol. The van der Waals surface area contributed by atoms with Gasteiger partial charge in [-0.3, -0.25) is 9.69 Å². The Kier molecular flexibility index (Phi) is 8.21. The first kappa shape index (κ1) is 24.7. The summed E-state index contributed by atoms with van der Waals surface area (Å²) >= 11 is 11.9. The summed E-state index contributed by atoms with van der Waals surface area (Å²) in [7, 11) is 0. The third-order valence-electron chi connectivity index (χ3n) is 6.25. The smallest absolute Gasteiger partial charge is 0.253 e. The molecule has 4 rings (SSSR count). The molecule has 6 nitrogen and oxygen atoms in total. The minimum absolute atomic E-state index is 0.0788. The normalized spacial score (nSPS) is 14.3. The second kappa shape index (κ2) is 11.3. The minimum atomic E-state index is -0.0788. The molecule has 0 radical (unpaired) electrons. The van der Waals surface area contributed by atoms with E-state index in [4.69, 9.17) is 28.6 Å². The highest BCUT2D eigenvalue weighted by Crippen LogP contribution is 2.21. The molecule has 2 aromatic carbocycles. The Balaban J connectivity index is 1.55. The molecule has 180 valence electrons. The van der Waals surface area contributed by atoms with Gasteiger partial charge in [-0.25, -0.2) is 0 Å². The lowest BCUT2D eigenvalue weighted by molar-refractivity contribution is 0.0367. The van der Waals surface area contributed by atoms with Crippen molar-refractivity contribution in [2.45, 2.75) is 26.8 Å². The van der Waals surface area contributed by atoms with Crippen LogP contribution in [-0.4, -0.2) is 59.3 Å². The van der Waals surface area contributed by atoms with Crippen molar-refractivity contribution in [2.75, 3.05) is 44.7 Å². The lowest BCUT2D eigenvalue weighted by Crippen LogP contribution is -2.40. The second-order valence-corrected chi connectivity index (χ2v) is 9.60. The van der Waals surface area contributed by atoms with Gasteiger partial charge in [-0.15, -0.1) is 0 Å². The molecule has 8 heteroatoms. The largest absolute Gasteiger partial charge is 0.379 e. The van der Waals surface area contributed by atoms with Gasteiger partial charge in [-0.2, -0.15) is 0 Å². The number of nitrogens with one attached hydrogen (secondary N) is 2. The zero-order valence-electron chi connectivity index (χ0n) is 19.7. The van der Waals surface area contributed by atoms with Gasteiger partial charge in [-0.1, -0.05) is 29.8 Å². The number of H-pyrrole nitrogens is 1. The van der Waals surface area contributed by atoms with E-state index in [1.54, 1.807) is 0 Å². The van der Waals surface area contributed by atoms with E-state index in [-0.39, 0.29) is 5.56 Å². The third kappa shape index (κ3) is 6.16. The maximum atomic E-state index is 13.0. The number of aromatic nitrogens is 1. The molecule has 1 saturated heterocycles. The van der Waals surface area contributed by atoms with Gasteiger partial charge in [-0.05, 0) is 67.9 Å². The molecule has 1 aromatic heterocycles. The highest BCUT2D eigenvalue weighted by atomic mass is 35.5. The van der Waals surface area contributed by atoms with Gasteiger partial charge < -0.3 is 19.9 Å². The fourth-order valence-electron chi connectivity index (χ4n) is 4.27. The van der Waals surface area contributed by atoms with Gasteiger partial charge in [0.05, 0.1) is 25.3 Å². The number of anilines is 1. The molecule has 2 heterocycles. The van der Waals surface area contributed by atoms with Gasteiger partial charge in [0.15, 0.2) is 5.11 Å². The van der Waals surface area contributed by atoms with Crippen molar-refractivity contribution in [3.8, 4) is 0 Å². The van der Waals surface area contributed by atoms with Crippen molar-refractivity contribution in [2.24, 2.45) is 0 Å². The molecule has 2 N–H and O–H groups in total. The predicted octanol–water partition coefficient (Wildman–Crippen LogP) is 4.72. The molecule has 0 spiro atoms. The van der Waals surface area contributed by atoms with Gasteiger partial charge in [0, 0.05) is 47.8 Å². The number of rotatable bonds is 7. The van der Waals surface area contributed by atoms with Crippen LogP contribution in [0.25, 0.3) is 10.9 Å². The highest BCUT2D eigenvalue weighted by molar-refractivity contribution is 7.80. The SMILES string of the molecule is Cc1ccc(C)c2[nH]c(=O)c(CN(CCCN3CCOCC3)C(=S)Nc3cccc(Cl)c3)cc12. The number of benzene rings is 2. The van der Waals surface area contributed by atoms with E-state index in [1.807, 2.05) is 43.3 Å². The van der Waals surface area contributed by atoms with Crippen LogP contribution in [0.4, 0.5) is 5.69 Å². The molecule has 0 saturated carbocycles. The molecule has 1 fully saturated rings. The van der Waals surface area contributed by atoms with Crippen LogP contribution in [0.3, 0.4) is 0 Å². The fraction of sp³-hybridized carbons (Fsp3) is 0.385. The van der Waals surface area contributed by atoms with E-state index in [0.29, 0.717) is 22.2 Å². The van der Waals surface area contributed by atoms with Gasteiger partial charge in [0.2, 0.25) is 0 Å². The van der Waals surface area contributed by atoms with Crippen LogP contribution in [0.2, 0.25) is 5.02 Å². The maximum absolute atomic E-state index is 13.0. The lowest BCUT2D eigenvalue weighted by Gasteiger charge is -2.29. The lowest BCUT2D eigenvalue weighted by atomic mass is 10.0. The number of halogens is 1. The first-order chi connectivity index (χ1) is 16.4. The average molecular weight is 499 g/mol. The van der Waals surface area contributed by atoms with Crippen molar-refractivity contribution in [3.05, 3.63) is 74.5 Å². The first-order valence-electron chi connectivity index (χ1n) is 11.6. The summed E-state index contributed by atoms with van der Waals surface area (Å²) in [5, 5.41) is 5.58. The van der Waals surface area contributed by atoms with E-state index in [0.717, 1.165) is 73.5 Å².